The number of hydrogen-bond donors (Lipinski definition) is 1. The second-order valence-corrected chi connectivity index (χ2v) is 3.79. The van der Waals surface area contributed by atoms with Gasteiger partial charge in [-0.1, -0.05) is 19.9 Å². The van der Waals surface area contributed by atoms with E-state index >= 15 is 0 Å². The molecule has 0 saturated carbocycles. The highest BCUT2D eigenvalue weighted by atomic mass is 16.5. The van der Waals surface area contributed by atoms with Crippen LogP contribution in [-0.2, 0) is 16.0 Å². The number of carbonyl (C=O) groups excluding carboxylic acids is 1. The first-order valence-corrected chi connectivity index (χ1v) is 4.93. The van der Waals surface area contributed by atoms with Crippen molar-refractivity contribution in [3.8, 4) is 5.75 Å². The first kappa shape index (κ1) is 11.6. The SMILES string of the molecule is COC(=O)Cc1ccc(O)cc1C(C)C. The van der Waals surface area contributed by atoms with Crippen LogP contribution in [0.3, 0.4) is 0 Å². The standard InChI is InChI=1S/C12H16O3/c1-8(2)11-7-10(13)5-4-9(11)6-12(14)15-3/h4-5,7-8,13H,6H2,1-3H3. The lowest BCUT2D eigenvalue weighted by Gasteiger charge is -2.12. The number of ether oxygens (including phenoxy) is 1. The van der Waals surface area contributed by atoms with Gasteiger partial charge in [0.2, 0.25) is 0 Å². The lowest BCUT2D eigenvalue weighted by molar-refractivity contribution is -0.139. The van der Waals surface area contributed by atoms with E-state index in [1.165, 1.54) is 7.11 Å². The van der Waals surface area contributed by atoms with E-state index in [0.29, 0.717) is 0 Å². The molecule has 0 bridgehead atoms. The molecule has 3 heteroatoms. The van der Waals surface area contributed by atoms with Gasteiger partial charge in [0.05, 0.1) is 13.5 Å². The predicted octanol–water partition coefficient (Wildman–Crippen LogP) is 2.23. The molecule has 0 saturated heterocycles. The lowest BCUT2D eigenvalue weighted by atomic mass is 9.95. The monoisotopic (exact) mass is 208 g/mol. The van der Waals surface area contributed by atoms with Gasteiger partial charge in [-0.2, -0.15) is 0 Å². The van der Waals surface area contributed by atoms with E-state index in [1.54, 1.807) is 18.2 Å². The van der Waals surface area contributed by atoms with Gasteiger partial charge < -0.3 is 9.84 Å². The Hall–Kier alpha value is -1.51. The van der Waals surface area contributed by atoms with Gasteiger partial charge >= 0.3 is 5.97 Å². The smallest absolute Gasteiger partial charge is 0.309 e. The number of carbonyl (C=O) groups is 1. The fourth-order valence-corrected chi connectivity index (χ4v) is 1.51. The number of phenolic OH excluding ortho intramolecular Hbond substituents is 1. The number of methoxy groups -OCH3 is 1. The van der Waals surface area contributed by atoms with Gasteiger partial charge in [0.25, 0.3) is 0 Å². The summed E-state index contributed by atoms with van der Waals surface area (Å²) in [4.78, 5) is 11.2. The number of aromatic hydroxyl groups is 1. The number of hydrogen-bond acceptors (Lipinski definition) is 3. The van der Waals surface area contributed by atoms with Crippen molar-refractivity contribution < 1.29 is 14.6 Å². The topological polar surface area (TPSA) is 46.5 Å². The van der Waals surface area contributed by atoms with Gasteiger partial charge in [0.15, 0.2) is 0 Å². The quantitative estimate of drug-likeness (QED) is 0.775. The van der Waals surface area contributed by atoms with E-state index in [4.69, 9.17) is 0 Å². The molecule has 0 aromatic heterocycles. The van der Waals surface area contributed by atoms with Crippen LogP contribution in [0.4, 0.5) is 0 Å². The van der Waals surface area contributed by atoms with Crippen LogP contribution in [0.2, 0.25) is 0 Å². The zero-order valence-electron chi connectivity index (χ0n) is 9.28. The Balaban J connectivity index is 3.00. The molecule has 1 rings (SSSR count). The Morgan fingerprint density at radius 3 is 2.67 bits per heavy atom. The molecule has 0 aliphatic carbocycles. The minimum absolute atomic E-state index is 0.229. The molecular weight excluding hydrogens is 192 g/mol. The molecule has 1 aromatic carbocycles. The van der Waals surface area contributed by atoms with E-state index in [2.05, 4.69) is 4.74 Å². The molecule has 0 amide bonds. The maximum absolute atomic E-state index is 11.2. The van der Waals surface area contributed by atoms with Gasteiger partial charge in [0, 0.05) is 0 Å². The molecule has 0 aliphatic rings. The summed E-state index contributed by atoms with van der Waals surface area (Å²) in [5, 5.41) is 9.36. The third-order valence-corrected chi connectivity index (χ3v) is 2.31. The molecule has 0 spiro atoms. The van der Waals surface area contributed by atoms with E-state index < -0.39 is 0 Å². The van der Waals surface area contributed by atoms with Crippen molar-refractivity contribution in [3.63, 3.8) is 0 Å². The van der Waals surface area contributed by atoms with Crippen LogP contribution in [0.5, 0.6) is 5.75 Å². The van der Waals surface area contributed by atoms with Gasteiger partial charge in [0.1, 0.15) is 5.75 Å². The maximum Gasteiger partial charge on any atom is 0.309 e. The summed E-state index contributed by atoms with van der Waals surface area (Å²) in [6, 6.07) is 5.05. The summed E-state index contributed by atoms with van der Waals surface area (Å²) < 4.78 is 4.62. The van der Waals surface area contributed by atoms with Gasteiger partial charge in [-0.15, -0.1) is 0 Å². The second-order valence-electron chi connectivity index (χ2n) is 3.79. The largest absolute Gasteiger partial charge is 0.508 e. The highest BCUT2D eigenvalue weighted by molar-refractivity contribution is 5.73. The van der Waals surface area contributed by atoms with Gasteiger partial charge in [-0.05, 0) is 29.2 Å². The summed E-state index contributed by atoms with van der Waals surface area (Å²) in [5.41, 5.74) is 1.90. The molecule has 0 unspecified atom stereocenters. The zero-order chi connectivity index (χ0) is 11.4. The molecule has 1 N–H and O–H groups in total. The van der Waals surface area contributed by atoms with E-state index in [1.807, 2.05) is 13.8 Å². The highest BCUT2D eigenvalue weighted by Gasteiger charge is 2.11. The summed E-state index contributed by atoms with van der Waals surface area (Å²) in [6.45, 7) is 4.05. The molecule has 1 aromatic rings. The summed E-state index contributed by atoms with van der Waals surface area (Å²) in [6.07, 6.45) is 0.254. The molecule has 3 nitrogen and oxygen atoms in total. The van der Waals surface area contributed by atoms with Crippen molar-refractivity contribution in [2.75, 3.05) is 7.11 Å². The first-order valence-electron chi connectivity index (χ1n) is 4.93. The summed E-state index contributed by atoms with van der Waals surface area (Å²) in [5.74, 6) is 0.242. The van der Waals surface area contributed by atoms with Crippen molar-refractivity contribution in [3.05, 3.63) is 29.3 Å². The van der Waals surface area contributed by atoms with Crippen LogP contribution >= 0.6 is 0 Å². The molecule has 0 radical (unpaired) electrons. The summed E-state index contributed by atoms with van der Waals surface area (Å²) >= 11 is 0. The minimum atomic E-state index is -0.261. The van der Waals surface area contributed by atoms with Crippen molar-refractivity contribution in [1.82, 2.24) is 0 Å². The van der Waals surface area contributed by atoms with Crippen molar-refractivity contribution in [1.29, 1.82) is 0 Å². The van der Waals surface area contributed by atoms with E-state index in [-0.39, 0.29) is 24.1 Å². The predicted molar refractivity (Wildman–Crippen MR) is 57.9 cm³/mol. The molecule has 0 aliphatic heterocycles. The first-order chi connectivity index (χ1) is 7.04. The van der Waals surface area contributed by atoms with Crippen LogP contribution in [0, 0.1) is 0 Å². The lowest BCUT2D eigenvalue weighted by Crippen LogP contribution is -2.07. The number of phenols is 1. The Labute approximate surface area is 89.7 Å². The molecule has 15 heavy (non-hydrogen) atoms. The van der Waals surface area contributed by atoms with Crippen LogP contribution < -0.4 is 0 Å². The molecule has 0 fully saturated rings. The second kappa shape index (κ2) is 4.82. The number of rotatable bonds is 3. The normalized spacial score (nSPS) is 10.4. The third-order valence-electron chi connectivity index (χ3n) is 2.31. The average molecular weight is 208 g/mol. The Kier molecular flexibility index (Phi) is 3.72. The highest BCUT2D eigenvalue weighted by Crippen LogP contribution is 2.24. The molecule has 0 atom stereocenters. The fraction of sp³-hybridized carbons (Fsp3) is 0.417. The van der Waals surface area contributed by atoms with Crippen LogP contribution in [0.15, 0.2) is 18.2 Å². The number of esters is 1. The Morgan fingerprint density at radius 1 is 1.47 bits per heavy atom. The summed E-state index contributed by atoms with van der Waals surface area (Å²) in [7, 11) is 1.37. The van der Waals surface area contributed by atoms with E-state index in [9.17, 15) is 9.90 Å². The van der Waals surface area contributed by atoms with Crippen molar-refractivity contribution in [2.24, 2.45) is 0 Å². The Bertz CT molecular complexity index is 356. The Morgan fingerprint density at radius 2 is 2.13 bits per heavy atom. The number of benzene rings is 1. The molecular formula is C12H16O3. The third kappa shape index (κ3) is 2.98. The van der Waals surface area contributed by atoms with Crippen molar-refractivity contribution in [2.45, 2.75) is 26.2 Å². The van der Waals surface area contributed by atoms with Crippen molar-refractivity contribution >= 4 is 5.97 Å². The molecule has 82 valence electrons. The average Bonchev–Trinajstić information content (AvgIpc) is 2.20. The molecule has 0 heterocycles. The fourth-order valence-electron chi connectivity index (χ4n) is 1.51. The van der Waals surface area contributed by atoms with Crippen LogP contribution in [0.1, 0.15) is 30.9 Å². The maximum atomic E-state index is 11.2. The zero-order valence-corrected chi connectivity index (χ0v) is 9.28. The van der Waals surface area contributed by atoms with Crippen LogP contribution in [-0.4, -0.2) is 18.2 Å². The van der Waals surface area contributed by atoms with Gasteiger partial charge in [-0.3, -0.25) is 4.79 Å². The van der Waals surface area contributed by atoms with Gasteiger partial charge in [-0.25, -0.2) is 0 Å². The van der Waals surface area contributed by atoms with Crippen LogP contribution in [0.25, 0.3) is 0 Å². The minimum Gasteiger partial charge on any atom is -0.508 e. The van der Waals surface area contributed by atoms with E-state index in [0.717, 1.165) is 11.1 Å².